The number of aromatic nitrogens is 2. The molecule has 0 amide bonds. The molecule has 0 saturated heterocycles. The number of hydrogen-bond acceptors (Lipinski definition) is 5. The lowest BCUT2D eigenvalue weighted by molar-refractivity contribution is -0.137. The summed E-state index contributed by atoms with van der Waals surface area (Å²) < 4.78 is 0. The lowest BCUT2D eigenvalue weighted by Gasteiger charge is -2.12. The van der Waals surface area contributed by atoms with Crippen molar-refractivity contribution in [2.24, 2.45) is 0 Å². The van der Waals surface area contributed by atoms with Crippen LogP contribution in [0.25, 0.3) is 10.2 Å². The summed E-state index contributed by atoms with van der Waals surface area (Å²) in [7, 11) is 0. The van der Waals surface area contributed by atoms with Gasteiger partial charge in [-0.05, 0) is 18.4 Å². The molecule has 0 aromatic carbocycles. The van der Waals surface area contributed by atoms with Gasteiger partial charge in [0.05, 0.1) is 11.8 Å². The number of rotatable bonds is 4. The number of carboxylic acid groups (broad SMARTS) is 1. The fourth-order valence-corrected chi connectivity index (χ4v) is 2.18. The van der Waals surface area contributed by atoms with Crippen LogP contribution < -0.4 is 5.32 Å². The molecule has 2 N–H and O–H groups in total. The van der Waals surface area contributed by atoms with Crippen molar-refractivity contribution in [3.63, 3.8) is 0 Å². The van der Waals surface area contributed by atoms with Crippen molar-refractivity contribution < 1.29 is 9.90 Å². The molecule has 0 radical (unpaired) electrons. The number of carbonyl (C=O) groups is 1. The minimum Gasteiger partial charge on any atom is -0.481 e. The molecule has 2 rings (SSSR count). The normalized spacial score (nSPS) is 12.6. The van der Waals surface area contributed by atoms with Gasteiger partial charge in [-0.2, -0.15) is 0 Å². The topological polar surface area (TPSA) is 75.1 Å². The smallest absolute Gasteiger partial charge is 0.305 e. The molecule has 2 aromatic rings. The van der Waals surface area contributed by atoms with Crippen molar-refractivity contribution in [2.45, 2.75) is 19.4 Å². The standard InChI is InChI=1S/C10H11N3O2S/c1-6(4-8(14)15)13-9-7-2-3-16-10(7)12-5-11-9/h2-3,5-6H,4H2,1H3,(H,14,15)(H,11,12,13). The summed E-state index contributed by atoms with van der Waals surface area (Å²) in [5, 5.41) is 14.6. The van der Waals surface area contributed by atoms with Crippen LogP contribution in [0.5, 0.6) is 0 Å². The van der Waals surface area contributed by atoms with E-state index >= 15 is 0 Å². The van der Waals surface area contributed by atoms with E-state index < -0.39 is 5.97 Å². The van der Waals surface area contributed by atoms with E-state index in [0.717, 1.165) is 10.2 Å². The fraction of sp³-hybridized carbons (Fsp3) is 0.300. The third-order valence-electron chi connectivity index (χ3n) is 2.13. The molecular formula is C10H11N3O2S. The zero-order chi connectivity index (χ0) is 11.5. The van der Waals surface area contributed by atoms with Crippen molar-refractivity contribution in [3.05, 3.63) is 17.8 Å². The van der Waals surface area contributed by atoms with E-state index in [9.17, 15) is 4.79 Å². The highest BCUT2D eigenvalue weighted by molar-refractivity contribution is 7.16. The first kappa shape index (κ1) is 10.8. The lowest BCUT2D eigenvalue weighted by atomic mass is 10.2. The summed E-state index contributed by atoms with van der Waals surface area (Å²) in [6.45, 7) is 1.81. The van der Waals surface area contributed by atoms with E-state index in [0.29, 0.717) is 5.82 Å². The molecule has 0 aliphatic rings. The molecule has 0 spiro atoms. The zero-order valence-corrected chi connectivity index (χ0v) is 9.49. The lowest BCUT2D eigenvalue weighted by Crippen LogP contribution is -2.20. The second kappa shape index (κ2) is 4.44. The Balaban J connectivity index is 2.20. The predicted molar refractivity (Wildman–Crippen MR) is 62.8 cm³/mol. The van der Waals surface area contributed by atoms with Crippen LogP contribution in [0.3, 0.4) is 0 Å². The van der Waals surface area contributed by atoms with Gasteiger partial charge in [0.2, 0.25) is 0 Å². The van der Waals surface area contributed by atoms with Crippen LogP contribution >= 0.6 is 11.3 Å². The van der Waals surface area contributed by atoms with Crippen LogP contribution in [0.1, 0.15) is 13.3 Å². The minimum atomic E-state index is -0.824. The molecule has 2 heterocycles. The van der Waals surface area contributed by atoms with Crippen molar-refractivity contribution >= 4 is 33.3 Å². The molecule has 0 aliphatic heterocycles. The van der Waals surface area contributed by atoms with Gasteiger partial charge in [-0.3, -0.25) is 4.79 Å². The van der Waals surface area contributed by atoms with E-state index in [1.807, 2.05) is 18.4 Å². The van der Waals surface area contributed by atoms with Gasteiger partial charge in [0.25, 0.3) is 0 Å². The molecule has 1 unspecified atom stereocenters. The Hall–Kier alpha value is -1.69. The monoisotopic (exact) mass is 237 g/mol. The van der Waals surface area contributed by atoms with Gasteiger partial charge in [-0.1, -0.05) is 0 Å². The Morgan fingerprint density at radius 3 is 3.19 bits per heavy atom. The molecule has 0 aliphatic carbocycles. The number of aliphatic carboxylic acids is 1. The first-order valence-electron chi connectivity index (χ1n) is 4.83. The van der Waals surface area contributed by atoms with E-state index in [1.54, 1.807) is 0 Å². The summed E-state index contributed by atoms with van der Waals surface area (Å²) in [5.74, 6) is -0.129. The maximum absolute atomic E-state index is 10.5. The molecule has 0 fully saturated rings. The Morgan fingerprint density at radius 1 is 1.62 bits per heavy atom. The maximum Gasteiger partial charge on any atom is 0.305 e. The van der Waals surface area contributed by atoms with Crippen LogP contribution in [-0.2, 0) is 4.79 Å². The fourth-order valence-electron chi connectivity index (χ4n) is 1.45. The Bertz CT molecular complexity index is 511. The molecule has 6 heteroatoms. The highest BCUT2D eigenvalue weighted by atomic mass is 32.1. The number of fused-ring (bicyclic) bond motifs is 1. The molecule has 84 valence electrons. The number of carboxylic acids is 1. The van der Waals surface area contributed by atoms with Gasteiger partial charge in [-0.15, -0.1) is 11.3 Å². The van der Waals surface area contributed by atoms with Crippen LogP contribution in [0.2, 0.25) is 0 Å². The first-order valence-corrected chi connectivity index (χ1v) is 5.71. The first-order chi connectivity index (χ1) is 7.66. The molecule has 5 nitrogen and oxygen atoms in total. The number of nitrogens with one attached hydrogen (secondary N) is 1. The van der Waals surface area contributed by atoms with E-state index in [2.05, 4.69) is 15.3 Å². The summed E-state index contributed by atoms with van der Waals surface area (Å²) in [4.78, 5) is 19.7. The largest absolute Gasteiger partial charge is 0.481 e. The van der Waals surface area contributed by atoms with E-state index in [-0.39, 0.29) is 12.5 Å². The van der Waals surface area contributed by atoms with Crippen LogP contribution in [0.4, 0.5) is 5.82 Å². The second-order valence-corrected chi connectivity index (χ2v) is 4.40. The number of nitrogens with zero attached hydrogens (tertiary/aromatic N) is 2. The summed E-state index contributed by atoms with van der Waals surface area (Å²) in [6, 6.07) is 1.77. The van der Waals surface area contributed by atoms with E-state index in [1.165, 1.54) is 17.7 Å². The summed E-state index contributed by atoms with van der Waals surface area (Å²) >= 11 is 1.54. The molecule has 0 bridgehead atoms. The summed E-state index contributed by atoms with van der Waals surface area (Å²) in [6.07, 6.45) is 1.55. The average Bonchev–Trinajstić information content (AvgIpc) is 2.65. The van der Waals surface area contributed by atoms with Crippen LogP contribution in [0, 0.1) is 0 Å². The third-order valence-corrected chi connectivity index (χ3v) is 2.95. The van der Waals surface area contributed by atoms with E-state index in [4.69, 9.17) is 5.11 Å². The Labute approximate surface area is 96.2 Å². The van der Waals surface area contributed by atoms with Crippen LogP contribution in [-0.4, -0.2) is 27.1 Å². The van der Waals surface area contributed by atoms with Crippen molar-refractivity contribution in [1.82, 2.24) is 9.97 Å². The van der Waals surface area contributed by atoms with Gasteiger partial charge in [-0.25, -0.2) is 9.97 Å². The maximum atomic E-state index is 10.5. The van der Waals surface area contributed by atoms with Gasteiger partial charge in [0.1, 0.15) is 17.0 Å². The quantitative estimate of drug-likeness (QED) is 0.850. The van der Waals surface area contributed by atoms with Gasteiger partial charge >= 0.3 is 5.97 Å². The third kappa shape index (κ3) is 2.27. The second-order valence-electron chi connectivity index (χ2n) is 3.50. The highest BCUT2D eigenvalue weighted by Crippen LogP contribution is 2.24. The average molecular weight is 237 g/mol. The van der Waals surface area contributed by atoms with Gasteiger partial charge in [0.15, 0.2) is 0 Å². The molecule has 2 aromatic heterocycles. The van der Waals surface area contributed by atoms with Gasteiger partial charge in [0, 0.05) is 6.04 Å². The molecule has 1 atom stereocenters. The molecule has 0 saturated carbocycles. The molecular weight excluding hydrogens is 226 g/mol. The predicted octanol–water partition coefficient (Wildman–Crippen LogP) is 1.97. The Kier molecular flexibility index (Phi) is 3.00. The van der Waals surface area contributed by atoms with Crippen molar-refractivity contribution in [1.29, 1.82) is 0 Å². The molecule has 16 heavy (non-hydrogen) atoms. The number of anilines is 1. The number of thiophene rings is 1. The van der Waals surface area contributed by atoms with Crippen molar-refractivity contribution in [3.8, 4) is 0 Å². The van der Waals surface area contributed by atoms with Gasteiger partial charge < -0.3 is 10.4 Å². The van der Waals surface area contributed by atoms with Crippen LogP contribution in [0.15, 0.2) is 17.8 Å². The minimum absolute atomic E-state index is 0.0651. The van der Waals surface area contributed by atoms with Crippen molar-refractivity contribution in [2.75, 3.05) is 5.32 Å². The Morgan fingerprint density at radius 2 is 2.44 bits per heavy atom. The number of hydrogen-bond donors (Lipinski definition) is 2. The zero-order valence-electron chi connectivity index (χ0n) is 8.67. The summed E-state index contributed by atoms with van der Waals surface area (Å²) in [5.41, 5.74) is 0. The highest BCUT2D eigenvalue weighted by Gasteiger charge is 2.10. The SMILES string of the molecule is CC(CC(=O)O)Nc1ncnc2sccc12.